The molecule has 2 N–H and O–H groups in total. The molecule has 0 saturated carbocycles. The van der Waals surface area contributed by atoms with Gasteiger partial charge in [0.05, 0.1) is 19.3 Å². The monoisotopic (exact) mass is 303 g/mol. The fourth-order valence-corrected chi connectivity index (χ4v) is 3.99. The van der Waals surface area contributed by atoms with Crippen molar-refractivity contribution >= 4 is 22.1 Å². The predicted molar refractivity (Wildman–Crippen MR) is 78.9 cm³/mol. The zero-order valence-electron chi connectivity index (χ0n) is 10.9. The summed E-state index contributed by atoms with van der Waals surface area (Å²) in [4.78, 5) is 1.18. The van der Waals surface area contributed by atoms with E-state index < -0.39 is 16.9 Å². The topological polar surface area (TPSA) is 58.6 Å². The largest absolute Gasteiger partial charge is 0.389 e. The molecule has 2 rings (SSSR count). The number of rotatable bonds is 7. The molecule has 2 heterocycles. The van der Waals surface area contributed by atoms with E-state index in [-0.39, 0.29) is 0 Å². The van der Waals surface area contributed by atoms with Crippen LogP contribution in [0.15, 0.2) is 17.5 Å². The predicted octanol–water partition coefficient (Wildman–Crippen LogP) is 1.13. The van der Waals surface area contributed by atoms with Gasteiger partial charge >= 0.3 is 0 Å². The van der Waals surface area contributed by atoms with Crippen molar-refractivity contribution in [1.82, 2.24) is 5.32 Å². The van der Waals surface area contributed by atoms with Crippen molar-refractivity contribution in [2.75, 3.05) is 24.7 Å². The van der Waals surface area contributed by atoms with Gasteiger partial charge in [-0.1, -0.05) is 6.07 Å². The zero-order valence-corrected chi connectivity index (χ0v) is 12.5. The number of ether oxygens (including phenoxy) is 1. The Morgan fingerprint density at radius 1 is 1.53 bits per heavy atom. The lowest BCUT2D eigenvalue weighted by molar-refractivity contribution is 0.0284. The third kappa shape index (κ3) is 5.71. The lowest BCUT2D eigenvalue weighted by Gasteiger charge is -2.24. The van der Waals surface area contributed by atoms with Crippen LogP contribution in [0, 0.1) is 0 Å². The van der Waals surface area contributed by atoms with E-state index >= 15 is 0 Å². The van der Waals surface area contributed by atoms with Gasteiger partial charge in [-0.3, -0.25) is 4.21 Å². The van der Waals surface area contributed by atoms with Gasteiger partial charge in [-0.05, 0) is 24.3 Å². The second kappa shape index (κ2) is 8.11. The first-order valence-corrected chi connectivity index (χ1v) is 8.97. The Hall–Kier alpha value is -0.270. The van der Waals surface area contributed by atoms with E-state index in [2.05, 4.69) is 5.32 Å². The molecule has 1 aliphatic rings. The number of thiophene rings is 1. The molecule has 0 amide bonds. The number of hydrogen-bond donors (Lipinski definition) is 2. The molecule has 0 aliphatic carbocycles. The maximum atomic E-state index is 11.2. The van der Waals surface area contributed by atoms with Crippen LogP contribution >= 0.6 is 11.3 Å². The highest BCUT2D eigenvalue weighted by Crippen LogP contribution is 2.10. The molecule has 108 valence electrons. The van der Waals surface area contributed by atoms with E-state index in [1.165, 1.54) is 4.88 Å². The van der Waals surface area contributed by atoms with E-state index in [1.54, 1.807) is 11.3 Å². The van der Waals surface area contributed by atoms with Crippen LogP contribution in [-0.4, -0.2) is 46.1 Å². The highest BCUT2D eigenvalue weighted by atomic mass is 32.2. The summed E-state index contributed by atoms with van der Waals surface area (Å²) in [5.74, 6) is 1.56. The number of aliphatic hydroxyl groups is 1. The average molecular weight is 303 g/mol. The summed E-state index contributed by atoms with van der Waals surface area (Å²) in [7, 11) is -0.623. The molecule has 1 aromatic heterocycles. The average Bonchev–Trinajstić information content (AvgIpc) is 2.91. The minimum Gasteiger partial charge on any atom is -0.389 e. The van der Waals surface area contributed by atoms with Crippen LogP contribution < -0.4 is 5.32 Å². The molecule has 6 heteroatoms. The van der Waals surface area contributed by atoms with E-state index in [0.29, 0.717) is 25.8 Å². The van der Waals surface area contributed by atoms with E-state index in [1.807, 2.05) is 17.5 Å². The maximum absolute atomic E-state index is 11.2. The SMILES string of the molecule is O=S1CCC(NCC(O)COCc2cccs2)CC1. The Bertz CT molecular complexity index is 373. The Morgan fingerprint density at radius 2 is 2.32 bits per heavy atom. The van der Waals surface area contributed by atoms with Crippen LogP contribution in [0.5, 0.6) is 0 Å². The summed E-state index contributed by atoms with van der Waals surface area (Å²) in [6, 6.07) is 4.41. The summed E-state index contributed by atoms with van der Waals surface area (Å²) in [5.41, 5.74) is 0. The van der Waals surface area contributed by atoms with Crippen molar-refractivity contribution in [2.24, 2.45) is 0 Å². The molecule has 1 fully saturated rings. The van der Waals surface area contributed by atoms with Crippen molar-refractivity contribution in [3.63, 3.8) is 0 Å². The fraction of sp³-hybridized carbons (Fsp3) is 0.692. The second-order valence-electron chi connectivity index (χ2n) is 4.78. The first-order chi connectivity index (χ1) is 9.24. The van der Waals surface area contributed by atoms with Gasteiger partial charge in [-0.25, -0.2) is 0 Å². The molecule has 1 saturated heterocycles. The number of nitrogens with one attached hydrogen (secondary N) is 1. The van der Waals surface area contributed by atoms with Crippen LogP contribution in [0.25, 0.3) is 0 Å². The molecule has 19 heavy (non-hydrogen) atoms. The molecule has 1 atom stereocenters. The standard InChI is InChI=1S/C13H21NO3S2/c15-12(9-17-10-13-2-1-5-18-13)8-14-11-3-6-19(16)7-4-11/h1-2,5,11-12,14-15H,3-4,6-10H2. The quantitative estimate of drug-likeness (QED) is 0.793. The fourth-order valence-electron chi connectivity index (χ4n) is 2.05. The molecule has 0 radical (unpaired) electrons. The van der Waals surface area contributed by atoms with Crippen LogP contribution in [0.2, 0.25) is 0 Å². The van der Waals surface area contributed by atoms with Gasteiger partial charge in [0, 0.05) is 39.8 Å². The zero-order chi connectivity index (χ0) is 13.5. The van der Waals surface area contributed by atoms with Crippen molar-refractivity contribution in [2.45, 2.75) is 31.6 Å². The van der Waals surface area contributed by atoms with Crippen molar-refractivity contribution < 1.29 is 14.1 Å². The van der Waals surface area contributed by atoms with Gasteiger partial charge in [0.25, 0.3) is 0 Å². The summed E-state index contributed by atoms with van der Waals surface area (Å²) < 4.78 is 16.7. The summed E-state index contributed by atoms with van der Waals surface area (Å²) in [5, 5.41) is 15.2. The van der Waals surface area contributed by atoms with Gasteiger partial charge in [-0.2, -0.15) is 0 Å². The van der Waals surface area contributed by atoms with Gasteiger partial charge in [0.15, 0.2) is 0 Å². The maximum Gasteiger partial charge on any atom is 0.0897 e. The third-order valence-corrected chi connectivity index (χ3v) is 5.40. The minimum atomic E-state index is -0.623. The second-order valence-corrected chi connectivity index (χ2v) is 7.51. The Morgan fingerprint density at radius 3 is 3.00 bits per heavy atom. The molecular formula is C13H21NO3S2. The van der Waals surface area contributed by atoms with Gasteiger partial charge in [0.2, 0.25) is 0 Å². The van der Waals surface area contributed by atoms with Gasteiger partial charge in [-0.15, -0.1) is 11.3 Å². The molecule has 0 bridgehead atoms. The first kappa shape index (κ1) is 15.1. The lowest BCUT2D eigenvalue weighted by Crippen LogP contribution is -2.41. The van der Waals surface area contributed by atoms with Crippen LogP contribution in [0.4, 0.5) is 0 Å². The van der Waals surface area contributed by atoms with E-state index in [4.69, 9.17) is 4.74 Å². The van der Waals surface area contributed by atoms with Gasteiger partial charge in [0.1, 0.15) is 0 Å². The molecule has 0 aromatic carbocycles. The molecular weight excluding hydrogens is 282 g/mol. The van der Waals surface area contributed by atoms with Crippen molar-refractivity contribution in [3.05, 3.63) is 22.4 Å². The number of hydrogen-bond acceptors (Lipinski definition) is 5. The van der Waals surface area contributed by atoms with Crippen LogP contribution in [0.1, 0.15) is 17.7 Å². The lowest BCUT2D eigenvalue weighted by atomic mass is 10.1. The van der Waals surface area contributed by atoms with Crippen molar-refractivity contribution in [3.8, 4) is 0 Å². The molecule has 4 nitrogen and oxygen atoms in total. The highest BCUT2D eigenvalue weighted by Gasteiger charge is 2.18. The number of aliphatic hydroxyl groups excluding tert-OH is 1. The van der Waals surface area contributed by atoms with E-state index in [9.17, 15) is 9.32 Å². The molecule has 1 aromatic rings. The first-order valence-electron chi connectivity index (χ1n) is 6.60. The smallest absolute Gasteiger partial charge is 0.0897 e. The Balaban J connectivity index is 1.54. The normalized spacial score (nSPS) is 25.3. The van der Waals surface area contributed by atoms with Crippen molar-refractivity contribution in [1.29, 1.82) is 0 Å². The minimum absolute atomic E-state index is 0.351. The van der Waals surface area contributed by atoms with Gasteiger partial charge < -0.3 is 15.2 Å². The summed E-state index contributed by atoms with van der Waals surface area (Å²) in [6.45, 7) is 1.46. The van der Waals surface area contributed by atoms with E-state index in [0.717, 1.165) is 24.3 Å². The van der Waals surface area contributed by atoms with Crippen LogP contribution in [0.3, 0.4) is 0 Å². The summed E-state index contributed by atoms with van der Waals surface area (Å²) >= 11 is 1.66. The third-order valence-electron chi connectivity index (χ3n) is 3.16. The highest BCUT2D eigenvalue weighted by molar-refractivity contribution is 7.85. The molecule has 0 spiro atoms. The molecule has 1 unspecified atom stereocenters. The Kier molecular flexibility index (Phi) is 6.46. The van der Waals surface area contributed by atoms with Crippen LogP contribution in [-0.2, 0) is 22.1 Å². The molecule has 1 aliphatic heterocycles. The Labute approximate surface area is 120 Å². The summed E-state index contributed by atoms with van der Waals surface area (Å²) in [6.07, 6.45) is 1.40.